The lowest BCUT2D eigenvalue weighted by atomic mass is 10.0. The van der Waals surface area contributed by atoms with Crippen LogP contribution in [0.4, 0.5) is 24.5 Å². The fraction of sp³-hybridized carbons (Fsp3) is 0.368. The van der Waals surface area contributed by atoms with Crippen molar-refractivity contribution in [2.45, 2.75) is 25.1 Å². The van der Waals surface area contributed by atoms with Gasteiger partial charge in [0.15, 0.2) is 10.8 Å². The highest BCUT2D eigenvalue weighted by molar-refractivity contribution is 6.29. The number of hydrogen-bond acceptors (Lipinski definition) is 5. The maximum Gasteiger partial charge on any atom is 0.407 e. The van der Waals surface area contributed by atoms with Crippen molar-refractivity contribution in [2.24, 2.45) is 0 Å². The third-order valence-electron chi connectivity index (χ3n) is 5.06. The van der Waals surface area contributed by atoms with Crippen molar-refractivity contribution >= 4 is 28.6 Å². The van der Waals surface area contributed by atoms with Crippen LogP contribution in [0.25, 0.3) is 5.65 Å². The van der Waals surface area contributed by atoms with Gasteiger partial charge in [0, 0.05) is 12.6 Å². The predicted molar refractivity (Wildman–Crippen MR) is 104 cm³/mol. The zero-order chi connectivity index (χ0) is 20.8. The van der Waals surface area contributed by atoms with Crippen molar-refractivity contribution in [1.29, 1.82) is 0 Å². The van der Waals surface area contributed by atoms with Crippen LogP contribution >= 0.6 is 11.6 Å². The van der Waals surface area contributed by atoms with E-state index in [2.05, 4.69) is 15.4 Å². The van der Waals surface area contributed by atoms with Crippen molar-refractivity contribution in [3.8, 4) is 5.75 Å². The van der Waals surface area contributed by atoms with Gasteiger partial charge in [-0.2, -0.15) is 18.3 Å². The van der Waals surface area contributed by atoms with Gasteiger partial charge in [-0.25, -0.2) is 9.50 Å². The largest absolute Gasteiger partial charge is 0.495 e. The van der Waals surface area contributed by atoms with Gasteiger partial charge >= 0.3 is 6.18 Å². The second-order valence-electron chi connectivity index (χ2n) is 6.78. The molecule has 6 nitrogen and oxygen atoms in total. The molecule has 0 radical (unpaired) electrons. The smallest absolute Gasteiger partial charge is 0.407 e. The standard InChI is InChI=1S/C19H19ClF3N5O/c1-24-18(19(21,22)23)11-5-6-13(15(8-11)29-2)27-7-3-4-12-14(27)10-25-17-9-16(20)26-28(12)17/h5-6,8-10,18,24H,3-4,7H2,1-2H3/t18-/m0/s1. The number of rotatable bonds is 4. The van der Waals surface area contributed by atoms with Crippen molar-refractivity contribution in [3.05, 3.63) is 46.9 Å². The normalized spacial score (nSPS) is 15.4. The Balaban J connectivity index is 1.79. The van der Waals surface area contributed by atoms with Gasteiger partial charge in [0.05, 0.1) is 30.4 Å². The molecule has 154 valence electrons. The SMILES string of the molecule is CN[C@@H](c1ccc(N2CCCc3c2cnc2cc(Cl)nn32)c(OC)c1)C(F)(F)F. The minimum Gasteiger partial charge on any atom is -0.495 e. The quantitative estimate of drug-likeness (QED) is 0.675. The first-order valence-electron chi connectivity index (χ1n) is 9.06. The lowest BCUT2D eigenvalue weighted by Crippen LogP contribution is -2.32. The first kappa shape index (κ1) is 19.8. The fourth-order valence-corrected chi connectivity index (χ4v) is 3.97. The molecule has 0 aliphatic carbocycles. The number of nitrogens with zero attached hydrogens (tertiary/aromatic N) is 4. The molecule has 0 saturated carbocycles. The van der Waals surface area contributed by atoms with Crippen LogP contribution in [0.5, 0.6) is 5.75 Å². The molecule has 0 spiro atoms. The number of fused-ring (bicyclic) bond motifs is 3. The predicted octanol–water partition coefficient (Wildman–Crippen LogP) is 4.30. The number of benzene rings is 1. The molecule has 1 N–H and O–H groups in total. The van der Waals surface area contributed by atoms with E-state index >= 15 is 0 Å². The van der Waals surface area contributed by atoms with Crippen LogP contribution in [0.1, 0.15) is 23.7 Å². The van der Waals surface area contributed by atoms with Crippen LogP contribution in [0.3, 0.4) is 0 Å². The first-order valence-corrected chi connectivity index (χ1v) is 9.44. The molecule has 0 fully saturated rings. The molecule has 10 heteroatoms. The number of methoxy groups -OCH3 is 1. The number of nitrogens with one attached hydrogen (secondary N) is 1. The van der Waals surface area contributed by atoms with Gasteiger partial charge < -0.3 is 15.0 Å². The van der Waals surface area contributed by atoms with Crippen LogP contribution < -0.4 is 15.0 Å². The lowest BCUT2D eigenvalue weighted by molar-refractivity contribution is -0.156. The molecule has 0 unspecified atom stereocenters. The number of alkyl halides is 3. The summed E-state index contributed by atoms with van der Waals surface area (Å²) in [6.07, 6.45) is -1.04. The van der Waals surface area contributed by atoms with Crippen molar-refractivity contribution < 1.29 is 17.9 Å². The monoisotopic (exact) mass is 425 g/mol. The van der Waals surface area contributed by atoms with E-state index in [-0.39, 0.29) is 5.56 Å². The summed E-state index contributed by atoms with van der Waals surface area (Å²) in [7, 11) is 2.73. The van der Waals surface area contributed by atoms with Crippen LogP contribution in [0.2, 0.25) is 5.15 Å². The van der Waals surface area contributed by atoms with Crippen molar-refractivity contribution in [2.75, 3.05) is 25.6 Å². The van der Waals surface area contributed by atoms with Gasteiger partial charge in [-0.15, -0.1) is 0 Å². The second-order valence-corrected chi connectivity index (χ2v) is 7.16. The summed E-state index contributed by atoms with van der Waals surface area (Å²) < 4.78 is 47.1. The molecule has 1 aliphatic heterocycles. The molecule has 29 heavy (non-hydrogen) atoms. The van der Waals surface area contributed by atoms with Crippen molar-refractivity contribution in [3.63, 3.8) is 0 Å². The summed E-state index contributed by atoms with van der Waals surface area (Å²) in [4.78, 5) is 6.40. The molecule has 0 bridgehead atoms. The minimum atomic E-state index is -4.41. The van der Waals surface area contributed by atoms with Crippen molar-refractivity contribution in [1.82, 2.24) is 19.9 Å². The maximum absolute atomic E-state index is 13.3. The van der Waals surface area contributed by atoms with Gasteiger partial charge in [0.2, 0.25) is 0 Å². The lowest BCUT2D eigenvalue weighted by Gasteiger charge is -2.32. The molecule has 1 atom stereocenters. The topological polar surface area (TPSA) is 54.7 Å². The highest BCUT2D eigenvalue weighted by Crippen LogP contribution is 2.41. The van der Waals surface area contributed by atoms with E-state index in [1.54, 1.807) is 22.8 Å². The Hall–Kier alpha value is -2.52. The zero-order valence-corrected chi connectivity index (χ0v) is 16.6. The molecule has 3 heterocycles. The van der Waals surface area contributed by atoms with Gasteiger partial charge in [-0.1, -0.05) is 17.7 Å². The molecule has 0 amide bonds. The Morgan fingerprint density at radius 3 is 2.72 bits per heavy atom. The average molecular weight is 426 g/mol. The van der Waals surface area contributed by atoms with E-state index < -0.39 is 12.2 Å². The Morgan fingerprint density at radius 1 is 1.24 bits per heavy atom. The fourth-order valence-electron chi connectivity index (χ4n) is 3.79. The zero-order valence-electron chi connectivity index (χ0n) is 15.8. The average Bonchev–Trinajstić information content (AvgIpc) is 3.07. The highest BCUT2D eigenvalue weighted by Gasteiger charge is 2.40. The second kappa shape index (κ2) is 7.38. The van der Waals surface area contributed by atoms with Gasteiger partial charge in [0.1, 0.15) is 11.8 Å². The van der Waals surface area contributed by atoms with Gasteiger partial charge in [-0.3, -0.25) is 0 Å². The van der Waals surface area contributed by atoms with Crippen LogP contribution in [-0.4, -0.2) is 41.5 Å². The number of aromatic nitrogens is 3. The van der Waals surface area contributed by atoms with E-state index in [4.69, 9.17) is 16.3 Å². The van der Waals surface area contributed by atoms with E-state index in [0.717, 1.165) is 24.2 Å². The Kier molecular flexibility index (Phi) is 5.04. The Bertz CT molecular complexity index is 1050. The van der Waals surface area contributed by atoms with Crippen LogP contribution in [0, 0.1) is 0 Å². The summed E-state index contributed by atoms with van der Waals surface area (Å²) in [6.45, 7) is 0.680. The third-order valence-corrected chi connectivity index (χ3v) is 5.25. The summed E-state index contributed by atoms with van der Waals surface area (Å²) in [5.41, 5.74) is 3.19. The molecule has 1 aliphatic rings. The Morgan fingerprint density at radius 2 is 2.03 bits per heavy atom. The summed E-state index contributed by atoms with van der Waals surface area (Å²) in [5, 5.41) is 6.98. The highest BCUT2D eigenvalue weighted by atomic mass is 35.5. The van der Waals surface area contributed by atoms with E-state index in [1.807, 2.05) is 4.90 Å². The van der Waals surface area contributed by atoms with E-state index in [0.29, 0.717) is 28.8 Å². The summed E-state index contributed by atoms with van der Waals surface area (Å²) in [6, 6.07) is 4.46. The molecule has 1 aromatic carbocycles. The number of aryl methyl sites for hydroxylation is 1. The molecule has 4 rings (SSSR count). The first-order chi connectivity index (χ1) is 13.8. The number of halogens is 4. The Labute approximate surface area is 170 Å². The van der Waals surface area contributed by atoms with Crippen LogP contribution in [0.15, 0.2) is 30.5 Å². The van der Waals surface area contributed by atoms with E-state index in [9.17, 15) is 13.2 Å². The third kappa shape index (κ3) is 3.49. The summed E-state index contributed by atoms with van der Waals surface area (Å²) in [5.74, 6) is 0.360. The molecule has 0 saturated heterocycles. The van der Waals surface area contributed by atoms with Gasteiger partial charge in [0.25, 0.3) is 0 Å². The van der Waals surface area contributed by atoms with E-state index in [1.165, 1.54) is 26.3 Å². The number of ether oxygens (including phenoxy) is 1. The molecular weight excluding hydrogens is 407 g/mol. The van der Waals surface area contributed by atoms with Gasteiger partial charge in [-0.05, 0) is 37.6 Å². The minimum absolute atomic E-state index is 0.0882. The molecule has 3 aromatic rings. The number of anilines is 2. The summed E-state index contributed by atoms with van der Waals surface area (Å²) >= 11 is 6.02. The molecule has 2 aromatic heterocycles. The molecular formula is C19H19ClF3N5O. The maximum atomic E-state index is 13.3. The number of hydrogen-bond donors (Lipinski definition) is 1. The van der Waals surface area contributed by atoms with Crippen LogP contribution in [-0.2, 0) is 6.42 Å².